The molecule has 1 saturated carbocycles. The highest BCUT2D eigenvalue weighted by Gasteiger charge is 2.22. The fourth-order valence-electron chi connectivity index (χ4n) is 1.29. The predicted octanol–water partition coefficient (Wildman–Crippen LogP) is 2.66. The van der Waals surface area contributed by atoms with Crippen molar-refractivity contribution >= 4 is 38.8 Å². The summed E-state index contributed by atoms with van der Waals surface area (Å²) in [7, 11) is 0. The first-order valence-electron chi connectivity index (χ1n) is 4.52. The van der Waals surface area contributed by atoms with Crippen molar-refractivity contribution in [3.63, 3.8) is 0 Å². The summed E-state index contributed by atoms with van der Waals surface area (Å²) < 4.78 is 1.00. The quantitative estimate of drug-likeness (QED) is 0.830. The van der Waals surface area contributed by atoms with Crippen LogP contribution in [0, 0.1) is 0 Å². The van der Waals surface area contributed by atoms with Crippen LogP contribution in [-0.2, 0) is 0 Å². The van der Waals surface area contributed by atoms with Crippen molar-refractivity contribution in [2.24, 2.45) is 5.73 Å². The van der Waals surface area contributed by atoms with Crippen molar-refractivity contribution in [2.75, 3.05) is 5.32 Å². The maximum absolute atomic E-state index is 5.65. The van der Waals surface area contributed by atoms with Crippen LogP contribution in [0.3, 0.4) is 0 Å². The Kier molecular flexibility index (Phi) is 2.74. The standard InChI is InChI=1S/C10H11BrN2S/c11-6-1-4-9(13-7-2-3-7)8(5-6)10(12)14/h1,4-5,7,13H,2-3H2,(H2,12,14). The van der Waals surface area contributed by atoms with Crippen LogP contribution in [0.25, 0.3) is 0 Å². The minimum absolute atomic E-state index is 0.439. The Hall–Kier alpha value is -0.610. The normalized spacial score (nSPS) is 15.2. The Morgan fingerprint density at radius 2 is 2.21 bits per heavy atom. The molecule has 0 bridgehead atoms. The van der Waals surface area contributed by atoms with Crippen LogP contribution < -0.4 is 11.1 Å². The van der Waals surface area contributed by atoms with Crippen LogP contribution in [0.15, 0.2) is 22.7 Å². The molecule has 1 aromatic carbocycles. The molecule has 2 nitrogen and oxygen atoms in total. The number of benzene rings is 1. The lowest BCUT2D eigenvalue weighted by Crippen LogP contribution is -2.14. The average molecular weight is 271 g/mol. The van der Waals surface area contributed by atoms with Crippen LogP contribution in [0.4, 0.5) is 5.69 Å². The summed E-state index contributed by atoms with van der Waals surface area (Å²) in [4.78, 5) is 0.439. The molecule has 0 spiro atoms. The summed E-state index contributed by atoms with van der Waals surface area (Å²) in [6, 6.07) is 6.57. The van der Waals surface area contributed by atoms with Gasteiger partial charge in [-0.25, -0.2) is 0 Å². The molecule has 1 aliphatic rings. The number of hydrogen-bond donors (Lipinski definition) is 2. The lowest BCUT2D eigenvalue weighted by Gasteiger charge is -2.10. The summed E-state index contributed by atoms with van der Waals surface area (Å²) >= 11 is 8.40. The van der Waals surface area contributed by atoms with Gasteiger partial charge < -0.3 is 11.1 Å². The summed E-state index contributed by atoms with van der Waals surface area (Å²) in [6.45, 7) is 0. The van der Waals surface area contributed by atoms with Gasteiger partial charge in [-0.3, -0.25) is 0 Å². The Labute approximate surface area is 97.0 Å². The topological polar surface area (TPSA) is 38.0 Å². The number of hydrogen-bond acceptors (Lipinski definition) is 2. The van der Waals surface area contributed by atoms with Gasteiger partial charge in [0.15, 0.2) is 0 Å². The molecule has 14 heavy (non-hydrogen) atoms. The zero-order valence-electron chi connectivity index (χ0n) is 7.59. The third-order valence-corrected chi connectivity index (χ3v) is 2.90. The molecular formula is C10H11BrN2S. The molecule has 0 atom stereocenters. The van der Waals surface area contributed by atoms with Gasteiger partial charge in [0.25, 0.3) is 0 Å². The molecule has 1 aliphatic carbocycles. The molecule has 0 aromatic heterocycles. The van der Waals surface area contributed by atoms with E-state index in [1.807, 2.05) is 18.2 Å². The molecule has 0 radical (unpaired) electrons. The predicted molar refractivity (Wildman–Crippen MR) is 66.7 cm³/mol. The van der Waals surface area contributed by atoms with Crippen molar-refractivity contribution in [2.45, 2.75) is 18.9 Å². The van der Waals surface area contributed by atoms with Crippen molar-refractivity contribution in [3.05, 3.63) is 28.2 Å². The molecule has 0 amide bonds. The summed E-state index contributed by atoms with van der Waals surface area (Å²) in [5, 5.41) is 3.40. The summed E-state index contributed by atoms with van der Waals surface area (Å²) in [6.07, 6.45) is 2.49. The minimum Gasteiger partial charge on any atom is -0.389 e. The van der Waals surface area contributed by atoms with E-state index in [-0.39, 0.29) is 0 Å². The van der Waals surface area contributed by atoms with Gasteiger partial charge in [-0.15, -0.1) is 0 Å². The van der Waals surface area contributed by atoms with Crippen molar-refractivity contribution in [1.82, 2.24) is 0 Å². The summed E-state index contributed by atoms with van der Waals surface area (Å²) in [5.41, 5.74) is 7.61. The largest absolute Gasteiger partial charge is 0.389 e. The highest BCUT2D eigenvalue weighted by molar-refractivity contribution is 9.10. The first-order valence-corrected chi connectivity index (χ1v) is 5.73. The van der Waals surface area contributed by atoms with Crippen LogP contribution >= 0.6 is 28.1 Å². The third kappa shape index (κ3) is 2.25. The van der Waals surface area contributed by atoms with E-state index in [1.165, 1.54) is 12.8 Å². The van der Waals surface area contributed by atoms with Gasteiger partial charge in [0.1, 0.15) is 4.99 Å². The molecule has 0 heterocycles. The molecule has 4 heteroatoms. The average Bonchev–Trinajstić information content (AvgIpc) is 2.91. The molecule has 1 aromatic rings. The molecule has 1 fully saturated rings. The fourth-order valence-corrected chi connectivity index (χ4v) is 1.82. The fraction of sp³-hybridized carbons (Fsp3) is 0.300. The number of nitrogens with one attached hydrogen (secondary N) is 1. The maximum atomic E-state index is 5.65. The molecule has 0 unspecified atom stereocenters. The van der Waals surface area contributed by atoms with E-state index in [2.05, 4.69) is 21.2 Å². The van der Waals surface area contributed by atoms with Crippen LogP contribution in [0.5, 0.6) is 0 Å². The van der Waals surface area contributed by atoms with E-state index in [0.717, 1.165) is 15.7 Å². The monoisotopic (exact) mass is 270 g/mol. The van der Waals surface area contributed by atoms with Gasteiger partial charge in [0.05, 0.1) is 0 Å². The van der Waals surface area contributed by atoms with Crippen LogP contribution in [0.2, 0.25) is 0 Å². The molecule has 3 N–H and O–H groups in total. The first kappa shape index (κ1) is 9.93. The van der Waals surface area contributed by atoms with Gasteiger partial charge in [0, 0.05) is 21.8 Å². The SMILES string of the molecule is NC(=S)c1cc(Br)ccc1NC1CC1. The number of rotatable bonds is 3. The Bertz CT molecular complexity index is 374. The van der Waals surface area contributed by atoms with E-state index < -0.39 is 0 Å². The zero-order valence-corrected chi connectivity index (χ0v) is 9.99. The Morgan fingerprint density at radius 3 is 2.79 bits per heavy atom. The third-order valence-electron chi connectivity index (χ3n) is 2.18. The van der Waals surface area contributed by atoms with Gasteiger partial charge >= 0.3 is 0 Å². The van der Waals surface area contributed by atoms with E-state index in [9.17, 15) is 0 Å². The first-order chi connectivity index (χ1) is 6.66. The van der Waals surface area contributed by atoms with Crippen molar-refractivity contribution in [3.8, 4) is 0 Å². The van der Waals surface area contributed by atoms with Crippen molar-refractivity contribution in [1.29, 1.82) is 0 Å². The molecule has 0 saturated heterocycles. The maximum Gasteiger partial charge on any atom is 0.106 e. The lowest BCUT2D eigenvalue weighted by molar-refractivity contribution is 1.15. The molecular weight excluding hydrogens is 260 g/mol. The van der Waals surface area contributed by atoms with Gasteiger partial charge in [-0.05, 0) is 31.0 Å². The van der Waals surface area contributed by atoms with Gasteiger partial charge in [-0.1, -0.05) is 28.1 Å². The Balaban J connectivity index is 2.31. The second-order valence-corrected chi connectivity index (χ2v) is 4.83. The summed E-state index contributed by atoms with van der Waals surface area (Å²) in [5.74, 6) is 0. The van der Waals surface area contributed by atoms with Crippen LogP contribution in [-0.4, -0.2) is 11.0 Å². The number of halogens is 1. The molecule has 2 rings (SSSR count). The highest BCUT2D eigenvalue weighted by Crippen LogP contribution is 2.28. The van der Waals surface area contributed by atoms with E-state index >= 15 is 0 Å². The smallest absolute Gasteiger partial charge is 0.106 e. The minimum atomic E-state index is 0.439. The lowest BCUT2D eigenvalue weighted by atomic mass is 10.2. The van der Waals surface area contributed by atoms with E-state index in [0.29, 0.717) is 11.0 Å². The van der Waals surface area contributed by atoms with Crippen molar-refractivity contribution < 1.29 is 0 Å². The number of thiocarbonyl (C=S) groups is 1. The van der Waals surface area contributed by atoms with E-state index in [1.54, 1.807) is 0 Å². The number of anilines is 1. The second-order valence-electron chi connectivity index (χ2n) is 3.47. The zero-order chi connectivity index (χ0) is 10.1. The highest BCUT2D eigenvalue weighted by atomic mass is 79.9. The Morgan fingerprint density at radius 1 is 1.50 bits per heavy atom. The molecule has 0 aliphatic heterocycles. The molecule has 74 valence electrons. The van der Waals surface area contributed by atoms with Gasteiger partial charge in [0.2, 0.25) is 0 Å². The van der Waals surface area contributed by atoms with Gasteiger partial charge in [-0.2, -0.15) is 0 Å². The van der Waals surface area contributed by atoms with E-state index in [4.69, 9.17) is 18.0 Å². The second kappa shape index (κ2) is 3.87. The number of nitrogens with two attached hydrogens (primary N) is 1. The van der Waals surface area contributed by atoms with Crippen LogP contribution in [0.1, 0.15) is 18.4 Å².